The van der Waals surface area contributed by atoms with E-state index >= 15 is 0 Å². The minimum atomic E-state index is 0. The first-order valence-electron chi connectivity index (χ1n) is 9.00. The van der Waals surface area contributed by atoms with Crippen LogP contribution in [0.15, 0.2) is 29.3 Å². The first-order valence-corrected chi connectivity index (χ1v) is 9.00. The highest BCUT2D eigenvalue weighted by molar-refractivity contribution is 14.0. The van der Waals surface area contributed by atoms with Crippen molar-refractivity contribution >= 4 is 29.9 Å². The van der Waals surface area contributed by atoms with Crippen molar-refractivity contribution in [2.45, 2.75) is 19.9 Å². The minimum Gasteiger partial charge on any atom is -0.491 e. The van der Waals surface area contributed by atoms with Gasteiger partial charge in [0.15, 0.2) is 5.96 Å². The number of nitrogens with zero attached hydrogens (tertiary/aromatic N) is 2. The molecule has 1 fully saturated rings. The van der Waals surface area contributed by atoms with E-state index in [-0.39, 0.29) is 24.0 Å². The second kappa shape index (κ2) is 13.2. The van der Waals surface area contributed by atoms with Gasteiger partial charge in [-0.1, -0.05) is 12.1 Å². The van der Waals surface area contributed by atoms with Gasteiger partial charge < -0.3 is 24.4 Å². The average molecular weight is 477 g/mol. The molecule has 0 aliphatic carbocycles. The maximum Gasteiger partial charge on any atom is 0.193 e. The van der Waals surface area contributed by atoms with Crippen LogP contribution in [0.25, 0.3) is 0 Å². The van der Waals surface area contributed by atoms with Gasteiger partial charge >= 0.3 is 0 Å². The standard InChI is InChI=1S/C19H31N3O3.HI/c1-4-20-19(22(2)14-17-9-10-24-15-17)21-13-16-5-7-18(8-6-16)25-12-11-23-3;/h5-8,17H,4,9-15H2,1-3H3,(H,20,21);1H. The van der Waals surface area contributed by atoms with Crippen LogP contribution in [0.1, 0.15) is 18.9 Å². The Balaban J connectivity index is 0.00000338. The number of ether oxygens (including phenoxy) is 3. The summed E-state index contributed by atoms with van der Waals surface area (Å²) in [6, 6.07) is 8.07. The summed E-state index contributed by atoms with van der Waals surface area (Å²) in [5.41, 5.74) is 1.16. The minimum absolute atomic E-state index is 0. The first-order chi connectivity index (χ1) is 12.2. The second-order valence-corrected chi connectivity index (χ2v) is 6.27. The van der Waals surface area contributed by atoms with E-state index in [0.29, 0.717) is 25.7 Å². The van der Waals surface area contributed by atoms with E-state index in [0.717, 1.165) is 50.0 Å². The van der Waals surface area contributed by atoms with Crippen molar-refractivity contribution in [3.8, 4) is 5.75 Å². The molecule has 26 heavy (non-hydrogen) atoms. The summed E-state index contributed by atoms with van der Waals surface area (Å²) in [7, 11) is 3.76. The van der Waals surface area contributed by atoms with E-state index in [9.17, 15) is 0 Å². The molecule has 0 bridgehead atoms. The lowest BCUT2D eigenvalue weighted by Crippen LogP contribution is -2.41. The Kier molecular flexibility index (Phi) is 11.6. The number of aliphatic imine (C=N–C) groups is 1. The lowest BCUT2D eigenvalue weighted by atomic mass is 10.1. The molecular weight excluding hydrogens is 445 g/mol. The zero-order valence-electron chi connectivity index (χ0n) is 16.1. The molecule has 0 saturated carbocycles. The van der Waals surface area contributed by atoms with Crippen LogP contribution < -0.4 is 10.1 Å². The van der Waals surface area contributed by atoms with Gasteiger partial charge in [-0.25, -0.2) is 4.99 Å². The second-order valence-electron chi connectivity index (χ2n) is 6.27. The number of benzene rings is 1. The maximum atomic E-state index is 5.58. The Labute approximate surface area is 174 Å². The van der Waals surface area contributed by atoms with E-state index in [4.69, 9.17) is 19.2 Å². The number of methoxy groups -OCH3 is 1. The van der Waals surface area contributed by atoms with Crippen molar-refractivity contribution in [1.82, 2.24) is 10.2 Å². The molecule has 0 radical (unpaired) electrons. The van der Waals surface area contributed by atoms with Gasteiger partial charge in [0.05, 0.1) is 19.8 Å². The van der Waals surface area contributed by atoms with Gasteiger partial charge in [0.25, 0.3) is 0 Å². The molecule has 1 heterocycles. The molecule has 0 aromatic heterocycles. The summed E-state index contributed by atoms with van der Waals surface area (Å²) in [5, 5.41) is 3.37. The number of guanidine groups is 1. The molecule has 0 spiro atoms. The molecular formula is C19H32IN3O3. The molecule has 1 N–H and O–H groups in total. The van der Waals surface area contributed by atoms with Crippen LogP contribution in [0.2, 0.25) is 0 Å². The Morgan fingerprint density at radius 3 is 2.69 bits per heavy atom. The monoisotopic (exact) mass is 477 g/mol. The van der Waals surface area contributed by atoms with Gasteiger partial charge in [0.1, 0.15) is 12.4 Å². The summed E-state index contributed by atoms with van der Waals surface area (Å²) >= 11 is 0. The Morgan fingerprint density at radius 2 is 2.08 bits per heavy atom. The van der Waals surface area contributed by atoms with Gasteiger partial charge in [-0.15, -0.1) is 24.0 Å². The third kappa shape index (κ3) is 8.09. The Morgan fingerprint density at radius 1 is 1.31 bits per heavy atom. The van der Waals surface area contributed by atoms with E-state index in [1.54, 1.807) is 7.11 Å². The summed E-state index contributed by atoms with van der Waals surface area (Å²) in [5.74, 6) is 2.39. The first kappa shape index (κ1) is 23.0. The van der Waals surface area contributed by atoms with Gasteiger partial charge in [-0.2, -0.15) is 0 Å². The number of halogens is 1. The molecule has 1 atom stereocenters. The van der Waals surface area contributed by atoms with Gasteiger partial charge in [-0.3, -0.25) is 0 Å². The Bertz CT molecular complexity index is 519. The van der Waals surface area contributed by atoms with Crippen molar-refractivity contribution in [1.29, 1.82) is 0 Å². The van der Waals surface area contributed by atoms with Crippen molar-refractivity contribution < 1.29 is 14.2 Å². The van der Waals surface area contributed by atoms with Crippen LogP contribution in [0, 0.1) is 5.92 Å². The predicted octanol–water partition coefficient (Wildman–Crippen LogP) is 2.76. The van der Waals surface area contributed by atoms with Crippen LogP contribution in [0.3, 0.4) is 0 Å². The molecule has 1 unspecified atom stereocenters. The summed E-state index contributed by atoms with van der Waals surface area (Å²) < 4.78 is 16.0. The van der Waals surface area contributed by atoms with E-state index in [1.165, 1.54) is 0 Å². The van der Waals surface area contributed by atoms with Gasteiger partial charge in [0, 0.05) is 39.8 Å². The largest absolute Gasteiger partial charge is 0.491 e. The van der Waals surface area contributed by atoms with Crippen molar-refractivity contribution in [2.24, 2.45) is 10.9 Å². The molecule has 1 aromatic rings. The van der Waals surface area contributed by atoms with Crippen LogP contribution in [-0.4, -0.2) is 64.5 Å². The molecule has 2 rings (SSSR count). The molecule has 7 heteroatoms. The highest BCUT2D eigenvalue weighted by Gasteiger charge is 2.18. The fraction of sp³-hybridized carbons (Fsp3) is 0.632. The zero-order chi connectivity index (χ0) is 17.9. The highest BCUT2D eigenvalue weighted by atomic mass is 127. The normalized spacial score (nSPS) is 16.9. The van der Waals surface area contributed by atoms with Crippen molar-refractivity contribution in [3.05, 3.63) is 29.8 Å². The fourth-order valence-corrected chi connectivity index (χ4v) is 2.77. The quantitative estimate of drug-likeness (QED) is 0.257. The topological polar surface area (TPSA) is 55.3 Å². The summed E-state index contributed by atoms with van der Waals surface area (Å²) in [6.45, 7) is 7.46. The third-order valence-corrected chi connectivity index (χ3v) is 4.14. The van der Waals surface area contributed by atoms with Crippen LogP contribution in [0.5, 0.6) is 5.75 Å². The van der Waals surface area contributed by atoms with Crippen LogP contribution in [0.4, 0.5) is 0 Å². The summed E-state index contributed by atoms with van der Waals surface area (Å²) in [6.07, 6.45) is 1.13. The van der Waals surface area contributed by atoms with Gasteiger partial charge in [0.2, 0.25) is 0 Å². The number of nitrogens with one attached hydrogen (secondary N) is 1. The fourth-order valence-electron chi connectivity index (χ4n) is 2.77. The molecule has 0 amide bonds. The lowest BCUT2D eigenvalue weighted by Gasteiger charge is -2.24. The van der Waals surface area contributed by atoms with Crippen LogP contribution >= 0.6 is 24.0 Å². The zero-order valence-corrected chi connectivity index (χ0v) is 18.4. The smallest absolute Gasteiger partial charge is 0.193 e. The van der Waals surface area contributed by atoms with Crippen LogP contribution in [-0.2, 0) is 16.0 Å². The Hall–Kier alpha value is -1.06. The van der Waals surface area contributed by atoms with E-state index < -0.39 is 0 Å². The number of hydrogen-bond acceptors (Lipinski definition) is 4. The highest BCUT2D eigenvalue weighted by Crippen LogP contribution is 2.14. The van der Waals surface area contributed by atoms with Crippen molar-refractivity contribution in [2.75, 3.05) is 53.7 Å². The third-order valence-electron chi connectivity index (χ3n) is 4.14. The predicted molar refractivity (Wildman–Crippen MR) is 116 cm³/mol. The van der Waals surface area contributed by atoms with E-state index in [2.05, 4.69) is 36.3 Å². The van der Waals surface area contributed by atoms with E-state index in [1.807, 2.05) is 12.1 Å². The SMILES string of the molecule is CCNC(=NCc1ccc(OCCOC)cc1)N(C)CC1CCOC1.I. The molecule has 1 aliphatic heterocycles. The molecule has 1 aliphatic rings. The number of hydrogen-bond donors (Lipinski definition) is 1. The molecule has 1 aromatic carbocycles. The average Bonchev–Trinajstić information content (AvgIpc) is 3.13. The molecule has 6 nitrogen and oxygen atoms in total. The summed E-state index contributed by atoms with van der Waals surface area (Å²) in [4.78, 5) is 6.96. The lowest BCUT2D eigenvalue weighted by molar-refractivity contribution is 0.146. The molecule has 148 valence electrons. The molecule has 1 saturated heterocycles. The van der Waals surface area contributed by atoms with Crippen molar-refractivity contribution in [3.63, 3.8) is 0 Å². The maximum absolute atomic E-state index is 5.58. The van der Waals surface area contributed by atoms with Gasteiger partial charge in [-0.05, 0) is 31.0 Å². The number of rotatable bonds is 9.